The number of carbonyl (C=O) groups excluding carboxylic acids is 2. The van der Waals surface area contributed by atoms with Gasteiger partial charge in [-0.05, 0) is 12.1 Å². The summed E-state index contributed by atoms with van der Waals surface area (Å²) in [6.45, 7) is 0.681. The summed E-state index contributed by atoms with van der Waals surface area (Å²) < 4.78 is 0. The number of imide groups is 1. The molecule has 0 radical (unpaired) electrons. The minimum absolute atomic E-state index is 0.158. The van der Waals surface area contributed by atoms with Crippen LogP contribution in [0, 0.1) is 0 Å². The lowest BCUT2D eigenvalue weighted by atomic mass is 10.2. The number of pyridine rings is 1. The Bertz CT molecular complexity index is 378. The highest BCUT2D eigenvalue weighted by atomic mass is 16.2. The molecule has 2 heterocycles. The van der Waals surface area contributed by atoms with E-state index in [4.69, 9.17) is 0 Å². The number of rotatable bonds is 3. The van der Waals surface area contributed by atoms with Crippen LogP contribution in [0.2, 0.25) is 0 Å². The fourth-order valence-corrected chi connectivity index (χ4v) is 1.46. The molecule has 2 rings (SSSR count). The molecule has 0 bridgehead atoms. The number of amides is 3. The van der Waals surface area contributed by atoms with Crippen LogP contribution in [-0.2, 0) is 11.2 Å². The summed E-state index contributed by atoms with van der Waals surface area (Å²) in [5, 5.41) is 2.23. The summed E-state index contributed by atoms with van der Waals surface area (Å²) in [7, 11) is 0. The SMILES string of the molecule is O=C1CN(CCc2ccccn2)C(=O)N1. The van der Waals surface area contributed by atoms with Crippen molar-refractivity contribution in [2.45, 2.75) is 6.42 Å². The van der Waals surface area contributed by atoms with E-state index in [9.17, 15) is 9.59 Å². The lowest BCUT2D eigenvalue weighted by Crippen LogP contribution is -2.30. The second-order valence-corrected chi connectivity index (χ2v) is 3.35. The van der Waals surface area contributed by atoms with E-state index in [0.29, 0.717) is 13.0 Å². The van der Waals surface area contributed by atoms with Crippen molar-refractivity contribution in [2.75, 3.05) is 13.1 Å². The third-order valence-electron chi connectivity index (χ3n) is 2.23. The Labute approximate surface area is 87.1 Å². The molecule has 1 N–H and O–H groups in total. The molecule has 78 valence electrons. The zero-order chi connectivity index (χ0) is 10.7. The largest absolute Gasteiger partial charge is 0.324 e. The summed E-state index contributed by atoms with van der Waals surface area (Å²) in [5.41, 5.74) is 0.921. The average molecular weight is 205 g/mol. The molecule has 0 spiro atoms. The predicted octanol–water partition coefficient (Wildman–Crippen LogP) is 0.176. The molecule has 0 unspecified atom stereocenters. The Kier molecular flexibility index (Phi) is 2.62. The Morgan fingerprint density at radius 1 is 1.40 bits per heavy atom. The molecule has 0 atom stereocenters. The molecular weight excluding hydrogens is 194 g/mol. The van der Waals surface area contributed by atoms with Gasteiger partial charge in [0.15, 0.2) is 0 Å². The average Bonchev–Trinajstić information content (AvgIpc) is 2.56. The van der Waals surface area contributed by atoms with Crippen molar-refractivity contribution in [1.82, 2.24) is 15.2 Å². The topological polar surface area (TPSA) is 62.3 Å². The van der Waals surface area contributed by atoms with Gasteiger partial charge in [-0.2, -0.15) is 0 Å². The highest BCUT2D eigenvalue weighted by molar-refractivity contribution is 6.01. The molecule has 0 aromatic carbocycles. The van der Waals surface area contributed by atoms with E-state index < -0.39 is 0 Å². The number of carbonyl (C=O) groups is 2. The van der Waals surface area contributed by atoms with Crippen LogP contribution in [-0.4, -0.2) is 34.9 Å². The summed E-state index contributed by atoms with van der Waals surface area (Å²) in [6.07, 6.45) is 2.38. The minimum Gasteiger partial charge on any atom is -0.315 e. The number of nitrogens with zero attached hydrogens (tertiary/aromatic N) is 2. The lowest BCUT2D eigenvalue weighted by Gasteiger charge is -2.11. The molecule has 1 aromatic rings. The molecule has 1 saturated heterocycles. The zero-order valence-corrected chi connectivity index (χ0v) is 8.14. The summed E-state index contributed by atoms with van der Waals surface area (Å²) in [6, 6.07) is 5.33. The maximum absolute atomic E-state index is 11.2. The lowest BCUT2D eigenvalue weighted by molar-refractivity contribution is -0.118. The predicted molar refractivity (Wildman–Crippen MR) is 53.1 cm³/mol. The maximum atomic E-state index is 11.2. The maximum Gasteiger partial charge on any atom is 0.324 e. The Morgan fingerprint density at radius 2 is 2.27 bits per heavy atom. The number of aromatic nitrogens is 1. The third-order valence-corrected chi connectivity index (χ3v) is 2.23. The van der Waals surface area contributed by atoms with E-state index >= 15 is 0 Å². The third kappa shape index (κ3) is 2.31. The van der Waals surface area contributed by atoms with E-state index in [-0.39, 0.29) is 18.5 Å². The molecule has 5 nitrogen and oxygen atoms in total. The van der Waals surface area contributed by atoms with Crippen molar-refractivity contribution in [2.24, 2.45) is 0 Å². The van der Waals surface area contributed by atoms with Gasteiger partial charge in [-0.3, -0.25) is 15.1 Å². The van der Waals surface area contributed by atoms with Crippen molar-refractivity contribution >= 4 is 11.9 Å². The molecule has 5 heteroatoms. The molecule has 15 heavy (non-hydrogen) atoms. The number of nitrogens with one attached hydrogen (secondary N) is 1. The summed E-state index contributed by atoms with van der Waals surface area (Å²) in [4.78, 5) is 27.7. The van der Waals surface area contributed by atoms with Gasteiger partial charge in [-0.1, -0.05) is 6.07 Å². The van der Waals surface area contributed by atoms with Gasteiger partial charge in [0.2, 0.25) is 5.91 Å². The van der Waals surface area contributed by atoms with Gasteiger partial charge in [0.1, 0.15) is 6.54 Å². The Hall–Kier alpha value is -1.91. The van der Waals surface area contributed by atoms with Crippen molar-refractivity contribution in [3.05, 3.63) is 30.1 Å². The Morgan fingerprint density at radius 3 is 2.87 bits per heavy atom. The fraction of sp³-hybridized carbons (Fsp3) is 0.300. The van der Waals surface area contributed by atoms with Crippen LogP contribution in [0.5, 0.6) is 0 Å². The van der Waals surface area contributed by atoms with Gasteiger partial charge in [0.25, 0.3) is 0 Å². The molecule has 1 aliphatic heterocycles. The van der Waals surface area contributed by atoms with Crippen LogP contribution in [0.4, 0.5) is 4.79 Å². The van der Waals surface area contributed by atoms with Gasteiger partial charge >= 0.3 is 6.03 Å². The van der Waals surface area contributed by atoms with Crippen molar-refractivity contribution in [3.63, 3.8) is 0 Å². The quantitative estimate of drug-likeness (QED) is 0.716. The standard InChI is InChI=1S/C10H11N3O2/c14-9-7-13(10(15)12-9)6-4-8-3-1-2-5-11-8/h1-3,5H,4,6-7H2,(H,12,14,15). The molecule has 1 aromatic heterocycles. The van der Waals surface area contributed by atoms with E-state index in [1.807, 2.05) is 18.2 Å². The zero-order valence-electron chi connectivity index (χ0n) is 8.14. The van der Waals surface area contributed by atoms with E-state index in [2.05, 4.69) is 10.3 Å². The highest BCUT2D eigenvalue weighted by Gasteiger charge is 2.25. The normalized spacial score (nSPS) is 15.6. The van der Waals surface area contributed by atoms with Crippen LogP contribution in [0.3, 0.4) is 0 Å². The number of urea groups is 1. The van der Waals surface area contributed by atoms with Crippen molar-refractivity contribution in [1.29, 1.82) is 0 Å². The Balaban J connectivity index is 1.89. The molecule has 0 saturated carbocycles. The smallest absolute Gasteiger partial charge is 0.315 e. The minimum atomic E-state index is -0.309. The van der Waals surface area contributed by atoms with E-state index in [0.717, 1.165) is 5.69 Å². The molecule has 1 aliphatic rings. The van der Waals surface area contributed by atoms with Gasteiger partial charge in [0, 0.05) is 24.9 Å². The van der Waals surface area contributed by atoms with Crippen molar-refractivity contribution in [3.8, 4) is 0 Å². The molecule has 0 aliphatic carbocycles. The van der Waals surface area contributed by atoms with Crippen molar-refractivity contribution < 1.29 is 9.59 Å². The second kappa shape index (κ2) is 4.08. The van der Waals surface area contributed by atoms with Gasteiger partial charge in [-0.25, -0.2) is 4.79 Å². The highest BCUT2D eigenvalue weighted by Crippen LogP contribution is 2.01. The van der Waals surface area contributed by atoms with Crippen LogP contribution in [0.25, 0.3) is 0 Å². The summed E-state index contributed by atoms with van der Waals surface area (Å²) in [5.74, 6) is -0.235. The second-order valence-electron chi connectivity index (χ2n) is 3.35. The first-order valence-electron chi connectivity index (χ1n) is 4.74. The first-order valence-corrected chi connectivity index (χ1v) is 4.74. The van der Waals surface area contributed by atoms with Gasteiger partial charge in [0.05, 0.1) is 0 Å². The number of hydrogen-bond acceptors (Lipinski definition) is 3. The van der Waals surface area contributed by atoms with E-state index in [1.165, 1.54) is 4.90 Å². The van der Waals surface area contributed by atoms with Crippen LogP contribution in [0.15, 0.2) is 24.4 Å². The van der Waals surface area contributed by atoms with Gasteiger partial charge < -0.3 is 4.90 Å². The first-order chi connectivity index (χ1) is 7.25. The monoisotopic (exact) mass is 205 g/mol. The number of hydrogen-bond donors (Lipinski definition) is 1. The summed E-state index contributed by atoms with van der Waals surface area (Å²) >= 11 is 0. The van der Waals surface area contributed by atoms with Crippen LogP contribution >= 0.6 is 0 Å². The molecule has 1 fully saturated rings. The van der Waals surface area contributed by atoms with E-state index in [1.54, 1.807) is 6.20 Å². The first kappa shape index (κ1) is 9.64. The molecular formula is C10H11N3O2. The van der Waals surface area contributed by atoms with Gasteiger partial charge in [-0.15, -0.1) is 0 Å². The molecule has 3 amide bonds. The van der Waals surface area contributed by atoms with Crippen LogP contribution in [0.1, 0.15) is 5.69 Å². The van der Waals surface area contributed by atoms with Crippen LogP contribution < -0.4 is 5.32 Å². The fourth-order valence-electron chi connectivity index (χ4n) is 1.46.